The van der Waals surface area contributed by atoms with Gasteiger partial charge in [-0.25, -0.2) is 9.97 Å². The molecule has 190 valence electrons. The van der Waals surface area contributed by atoms with Crippen LogP contribution in [0.5, 0.6) is 11.5 Å². The molecule has 3 aromatic rings. The molecule has 5 rings (SSSR count). The molecule has 2 aliphatic heterocycles. The Bertz CT molecular complexity index is 1210. The number of nitrogens with zero attached hydrogens (tertiary/aromatic N) is 3. The number of fused-ring (bicyclic) bond motifs is 1. The van der Waals surface area contributed by atoms with Gasteiger partial charge in [0.15, 0.2) is 6.10 Å². The average Bonchev–Trinajstić information content (AvgIpc) is 3.42. The first-order valence-corrected chi connectivity index (χ1v) is 12.5. The molecule has 2 atom stereocenters. The predicted molar refractivity (Wildman–Crippen MR) is 136 cm³/mol. The van der Waals surface area contributed by atoms with E-state index >= 15 is 0 Å². The van der Waals surface area contributed by atoms with E-state index in [-0.39, 0.29) is 5.91 Å². The van der Waals surface area contributed by atoms with Crippen molar-refractivity contribution in [3.05, 3.63) is 47.7 Å². The van der Waals surface area contributed by atoms with Crippen LogP contribution in [0.3, 0.4) is 0 Å². The van der Waals surface area contributed by atoms with Crippen LogP contribution < -0.4 is 14.8 Å². The maximum Gasteiger partial charge on any atom is 0.263 e. The van der Waals surface area contributed by atoms with E-state index in [1.165, 1.54) is 6.33 Å². The van der Waals surface area contributed by atoms with Gasteiger partial charge >= 0.3 is 0 Å². The Hall–Kier alpha value is -3.14. The summed E-state index contributed by atoms with van der Waals surface area (Å²) in [7, 11) is 0. The summed E-state index contributed by atoms with van der Waals surface area (Å²) < 4.78 is 22.8. The van der Waals surface area contributed by atoms with Crippen molar-refractivity contribution in [2.75, 3.05) is 51.4 Å². The zero-order valence-corrected chi connectivity index (χ0v) is 20.9. The molecule has 0 saturated carbocycles. The summed E-state index contributed by atoms with van der Waals surface area (Å²) in [5, 5.41) is 4.49. The third kappa shape index (κ3) is 5.64. The number of hydrogen-bond donors (Lipinski definition) is 1. The number of amides is 1. The van der Waals surface area contributed by atoms with Crippen LogP contribution >= 0.6 is 11.6 Å². The third-order valence-electron chi connectivity index (χ3n) is 6.29. The lowest BCUT2D eigenvalue weighted by Crippen LogP contribution is -2.46. The molecule has 1 amide bonds. The van der Waals surface area contributed by atoms with Gasteiger partial charge in [0.2, 0.25) is 0 Å². The monoisotopic (exact) mass is 512 g/mol. The van der Waals surface area contributed by atoms with Crippen molar-refractivity contribution in [1.29, 1.82) is 0 Å². The number of morpholine rings is 1. The average molecular weight is 513 g/mol. The number of ether oxygens (including phenoxy) is 4. The van der Waals surface area contributed by atoms with Gasteiger partial charge in [0.25, 0.3) is 5.91 Å². The maximum atomic E-state index is 12.9. The summed E-state index contributed by atoms with van der Waals surface area (Å²) in [4.78, 5) is 23.5. The van der Waals surface area contributed by atoms with E-state index in [1.807, 2.05) is 30.3 Å². The molecule has 2 fully saturated rings. The van der Waals surface area contributed by atoms with Gasteiger partial charge in [-0.15, -0.1) is 0 Å². The lowest BCUT2D eigenvalue weighted by atomic mass is 10.1. The Balaban J connectivity index is 1.33. The largest absolute Gasteiger partial charge is 0.492 e. The van der Waals surface area contributed by atoms with Gasteiger partial charge in [-0.05, 0) is 43.7 Å². The molecule has 2 aromatic carbocycles. The molecule has 10 heteroatoms. The Morgan fingerprint density at radius 2 is 2.03 bits per heavy atom. The molecule has 9 nitrogen and oxygen atoms in total. The molecule has 0 radical (unpaired) electrons. The molecule has 0 bridgehead atoms. The maximum absolute atomic E-state index is 12.9. The number of aromatic nitrogens is 2. The molecule has 1 N–H and O–H groups in total. The van der Waals surface area contributed by atoms with Crippen LogP contribution in [0, 0.1) is 5.92 Å². The molecule has 1 unspecified atom stereocenters. The van der Waals surface area contributed by atoms with Crippen molar-refractivity contribution in [3.8, 4) is 11.5 Å². The molecule has 2 saturated heterocycles. The van der Waals surface area contributed by atoms with E-state index in [0.29, 0.717) is 72.1 Å². The summed E-state index contributed by atoms with van der Waals surface area (Å²) in [5.41, 5.74) is 1.43. The highest BCUT2D eigenvalue weighted by molar-refractivity contribution is 6.32. The number of carbonyl (C=O) groups is 1. The number of nitrogens with one attached hydrogen (secondary N) is 1. The fourth-order valence-corrected chi connectivity index (χ4v) is 4.54. The molecular weight excluding hydrogens is 484 g/mol. The Morgan fingerprint density at radius 3 is 2.81 bits per heavy atom. The number of benzene rings is 2. The molecule has 1 aromatic heterocycles. The van der Waals surface area contributed by atoms with Gasteiger partial charge < -0.3 is 29.2 Å². The Labute approximate surface area is 214 Å². The van der Waals surface area contributed by atoms with Crippen molar-refractivity contribution in [3.63, 3.8) is 0 Å². The zero-order valence-electron chi connectivity index (χ0n) is 20.1. The van der Waals surface area contributed by atoms with Gasteiger partial charge in [0, 0.05) is 31.3 Å². The highest BCUT2D eigenvalue weighted by Crippen LogP contribution is 2.34. The minimum atomic E-state index is -0.669. The zero-order chi connectivity index (χ0) is 24.9. The minimum absolute atomic E-state index is 0.0757. The normalized spacial score (nSPS) is 18.7. The lowest BCUT2D eigenvalue weighted by molar-refractivity contribution is -0.142. The summed E-state index contributed by atoms with van der Waals surface area (Å²) in [5.74, 6) is 2.01. The van der Waals surface area contributed by atoms with Gasteiger partial charge in [0.05, 0.1) is 42.4 Å². The first-order chi connectivity index (χ1) is 17.6. The van der Waals surface area contributed by atoms with Gasteiger partial charge in [-0.2, -0.15) is 0 Å². The lowest BCUT2D eigenvalue weighted by Gasteiger charge is -2.29. The first kappa shape index (κ1) is 24.5. The van der Waals surface area contributed by atoms with Crippen molar-refractivity contribution >= 4 is 39.9 Å². The number of hydrogen-bond acceptors (Lipinski definition) is 8. The van der Waals surface area contributed by atoms with Crippen molar-refractivity contribution in [1.82, 2.24) is 14.9 Å². The van der Waals surface area contributed by atoms with Crippen molar-refractivity contribution in [2.24, 2.45) is 5.92 Å². The topological polar surface area (TPSA) is 95.0 Å². The van der Waals surface area contributed by atoms with Crippen LogP contribution in [0.2, 0.25) is 5.02 Å². The van der Waals surface area contributed by atoms with Crippen LogP contribution in [0.1, 0.15) is 13.3 Å². The fourth-order valence-electron chi connectivity index (χ4n) is 4.31. The van der Waals surface area contributed by atoms with Crippen LogP contribution in [-0.4, -0.2) is 73.0 Å². The second-order valence-electron chi connectivity index (χ2n) is 8.88. The summed E-state index contributed by atoms with van der Waals surface area (Å²) in [6, 6.07) is 11.1. The highest BCUT2D eigenvalue weighted by atomic mass is 35.5. The molecule has 36 heavy (non-hydrogen) atoms. The minimum Gasteiger partial charge on any atom is -0.492 e. The van der Waals surface area contributed by atoms with Gasteiger partial charge in [-0.1, -0.05) is 17.7 Å². The van der Waals surface area contributed by atoms with E-state index < -0.39 is 6.10 Å². The number of anilines is 2. The van der Waals surface area contributed by atoms with Crippen LogP contribution in [0.4, 0.5) is 11.5 Å². The SMILES string of the molecule is C[C@@H](Oc1cccc2ncnc(Nc3ccc(OCC4CCOC4)c(Cl)c3)c12)C(=O)N1CCOCC1. The summed E-state index contributed by atoms with van der Waals surface area (Å²) in [6.45, 7) is 6.03. The summed E-state index contributed by atoms with van der Waals surface area (Å²) in [6.07, 6.45) is 1.82. The smallest absolute Gasteiger partial charge is 0.263 e. The molecule has 2 aliphatic rings. The van der Waals surface area contributed by atoms with Crippen LogP contribution in [-0.2, 0) is 14.3 Å². The van der Waals surface area contributed by atoms with E-state index in [4.69, 9.17) is 30.5 Å². The molecular formula is C26H29ClN4O5. The Kier molecular flexibility index (Phi) is 7.69. The quantitative estimate of drug-likeness (QED) is 0.482. The Morgan fingerprint density at radius 1 is 1.17 bits per heavy atom. The van der Waals surface area contributed by atoms with E-state index in [1.54, 1.807) is 17.9 Å². The molecule has 3 heterocycles. The van der Waals surface area contributed by atoms with Crippen molar-refractivity contribution in [2.45, 2.75) is 19.4 Å². The highest BCUT2D eigenvalue weighted by Gasteiger charge is 2.25. The standard InChI is InChI=1S/C26H29ClN4O5/c1-17(26(32)31-8-11-33-12-9-31)36-23-4-2-3-21-24(23)25(29-16-28-21)30-19-5-6-22(20(27)13-19)35-15-18-7-10-34-14-18/h2-6,13,16-18H,7-12,14-15H2,1H3,(H,28,29,30)/t17-,18?/m1/s1. The summed E-state index contributed by atoms with van der Waals surface area (Å²) >= 11 is 6.50. The number of carbonyl (C=O) groups excluding carboxylic acids is 1. The van der Waals surface area contributed by atoms with E-state index in [0.717, 1.165) is 25.3 Å². The van der Waals surface area contributed by atoms with E-state index in [2.05, 4.69) is 15.3 Å². The predicted octanol–water partition coefficient (Wildman–Crippen LogP) is 4.07. The van der Waals surface area contributed by atoms with Crippen LogP contribution in [0.25, 0.3) is 10.9 Å². The van der Waals surface area contributed by atoms with Crippen LogP contribution in [0.15, 0.2) is 42.7 Å². The van der Waals surface area contributed by atoms with Gasteiger partial charge in [0.1, 0.15) is 23.6 Å². The molecule has 0 spiro atoms. The number of halogens is 1. The van der Waals surface area contributed by atoms with Crippen molar-refractivity contribution < 1.29 is 23.7 Å². The van der Waals surface area contributed by atoms with E-state index in [9.17, 15) is 4.79 Å². The first-order valence-electron chi connectivity index (χ1n) is 12.1. The third-order valence-corrected chi connectivity index (χ3v) is 6.59. The number of rotatable bonds is 8. The second-order valence-corrected chi connectivity index (χ2v) is 9.29. The fraction of sp³-hybridized carbons (Fsp3) is 0.423. The molecule has 0 aliphatic carbocycles. The van der Waals surface area contributed by atoms with Gasteiger partial charge in [-0.3, -0.25) is 4.79 Å². The second kappa shape index (κ2) is 11.3.